The summed E-state index contributed by atoms with van der Waals surface area (Å²) in [5.41, 5.74) is 23.3. The number of ether oxygens (including phenoxy) is 2. The van der Waals surface area contributed by atoms with E-state index in [1.54, 1.807) is 0 Å². The van der Waals surface area contributed by atoms with Crippen LogP contribution in [-0.2, 0) is 9.47 Å². The molecule has 10 atom stereocenters. The molecule has 0 aromatic rings. The van der Waals surface area contributed by atoms with Crippen LogP contribution < -0.4 is 22.9 Å². The van der Waals surface area contributed by atoms with Gasteiger partial charge in [-0.15, -0.1) is 0 Å². The van der Waals surface area contributed by atoms with Gasteiger partial charge < -0.3 is 52.8 Å². The van der Waals surface area contributed by atoms with E-state index in [2.05, 4.69) is 0 Å². The van der Waals surface area contributed by atoms with Gasteiger partial charge in [0, 0.05) is 12.1 Å². The maximum Gasteiger partial charge on any atom is 0.175 e. The van der Waals surface area contributed by atoms with E-state index in [0.717, 1.165) is 0 Å². The second-order valence-electron chi connectivity index (χ2n) is 6.02. The second-order valence-corrected chi connectivity index (χ2v) is 6.02. The van der Waals surface area contributed by atoms with E-state index < -0.39 is 67.6 Å². The second kappa shape index (κ2) is 7.01. The van der Waals surface area contributed by atoms with Crippen LogP contribution >= 0.6 is 0 Å². The molecule has 130 valence electrons. The lowest BCUT2D eigenvalue weighted by molar-refractivity contribution is -0.277. The molecule has 10 nitrogen and oxygen atoms in total. The molecule has 1 saturated carbocycles. The molecule has 0 spiro atoms. The highest BCUT2D eigenvalue weighted by Crippen LogP contribution is 2.26. The summed E-state index contributed by atoms with van der Waals surface area (Å²) in [5.74, 6) is 0. The highest BCUT2D eigenvalue weighted by molar-refractivity contribution is 5.00. The summed E-state index contributed by atoms with van der Waals surface area (Å²) in [4.78, 5) is 0. The number of hydrogen-bond donors (Lipinski definition) is 8. The van der Waals surface area contributed by atoms with Crippen molar-refractivity contribution in [2.75, 3.05) is 6.61 Å². The molecular weight excluding hydrogens is 296 g/mol. The summed E-state index contributed by atoms with van der Waals surface area (Å²) in [6.45, 7) is -0.464. The number of nitrogens with two attached hydrogens (primary N) is 4. The van der Waals surface area contributed by atoms with Crippen LogP contribution in [0, 0.1) is 0 Å². The number of rotatable bonds is 3. The fourth-order valence-electron chi connectivity index (χ4n) is 2.90. The van der Waals surface area contributed by atoms with Crippen molar-refractivity contribution in [1.82, 2.24) is 0 Å². The van der Waals surface area contributed by atoms with Gasteiger partial charge in [-0.3, -0.25) is 0 Å². The number of aliphatic hydroxyl groups excluding tert-OH is 4. The van der Waals surface area contributed by atoms with Crippen LogP contribution in [0.1, 0.15) is 6.42 Å². The Hall–Kier alpha value is -0.400. The van der Waals surface area contributed by atoms with E-state index in [0.29, 0.717) is 0 Å². The predicted octanol–water partition coefficient (Wildman–Crippen LogP) is -5.12. The Balaban J connectivity index is 2.08. The molecule has 12 N–H and O–H groups in total. The van der Waals surface area contributed by atoms with Gasteiger partial charge in [0.15, 0.2) is 6.29 Å². The van der Waals surface area contributed by atoms with Gasteiger partial charge in [-0.25, -0.2) is 0 Å². The van der Waals surface area contributed by atoms with E-state index in [-0.39, 0.29) is 6.42 Å². The van der Waals surface area contributed by atoms with Crippen molar-refractivity contribution in [3.8, 4) is 0 Å². The van der Waals surface area contributed by atoms with E-state index in [4.69, 9.17) is 32.4 Å². The Morgan fingerprint density at radius 2 is 1.55 bits per heavy atom. The van der Waals surface area contributed by atoms with Gasteiger partial charge in [-0.2, -0.15) is 0 Å². The summed E-state index contributed by atoms with van der Waals surface area (Å²) in [6.07, 6.45) is -6.35. The van der Waals surface area contributed by atoms with E-state index in [9.17, 15) is 20.4 Å². The van der Waals surface area contributed by atoms with E-state index >= 15 is 0 Å². The molecule has 1 aliphatic heterocycles. The minimum absolute atomic E-state index is 0.253. The van der Waals surface area contributed by atoms with Gasteiger partial charge in [0.1, 0.15) is 18.3 Å². The molecule has 2 rings (SSSR count). The smallest absolute Gasteiger partial charge is 0.175 e. The average molecular weight is 322 g/mol. The zero-order valence-electron chi connectivity index (χ0n) is 12.1. The van der Waals surface area contributed by atoms with Gasteiger partial charge in [0.25, 0.3) is 0 Å². The topological polar surface area (TPSA) is 203 Å². The lowest BCUT2D eigenvalue weighted by Gasteiger charge is -2.46. The Morgan fingerprint density at radius 1 is 0.909 bits per heavy atom. The van der Waals surface area contributed by atoms with Gasteiger partial charge in [-0.1, -0.05) is 0 Å². The lowest BCUT2D eigenvalue weighted by Crippen LogP contribution is -2.68. The van der Waals surface area contributed by atoms with Crippen molar-refractivity contribution in [3.05, 3.63) is 0 Å². The SMILES string of the molecule is NC1C(N)[C@H](O)C(CO)O[C@@H]1O[C@@H]1C(N)C[C@@H](N)C(O)C1O. The van der Waals surface area contributed by atoms with Crippen molar-refractivity contribution in [2.24, 2.45) is 22.9 Å². The Bertz CT molecular complexity index is 376. The Kier molecular flexibility index (Phi) is 5.72. The predicted molar refractivity (Wildman–Crippen MR) is 75.2 cm³/mol. The Labute approximate surface area is 128 Å². The fourth-order valence-corrected chi connectivity index (χ4v) is 2.90. The average Bonchev–Trinajstić information content (AvgIpc) is 2.49. The first-order valence-electron chi connectivity index (χ1n) is 7.26. The van der Waals surface area contributed by atoms with Crippen molar-refractivity contribution in [3.63, 3.8) is 0 Å². The normalized spacial score (nSPS) is 53.5. The molecular formula is C12H26N4O6. The summed E-state index contributed by atoms with van der Waals surface area (Å²) in [5, 5.41) is 38.9. The summed E-state index contributed by atoms with van der Waals surface area (Å²) in [6, 6.07) is -3.04. The van der Waals surface area contributed by atoms with Crippen LogP contribution in [0.4, 0.5) is 0 Å². The molecule has 1 heterocycles. The van der Waals surface area contributed by atoms with Gasteiger partial charge in [-0.05, 0) is 6.42 Å². The minimum Gasteiger partial charge on any atom is -0.394 e. The minimum atomic E-state index is -1.30. The van der Waals surface area contributed by atoms with Gasteiger partial charge in [0.2, 0.25) is 0 Å². The molecule has 0 aromatic heterocycles. The third kappa shape index (κ3) is 3.26. The number of aliphatic hydroxyl groups is 4. The number of hydrogen-bond acceptors (Lipinski definition) is 10. The first kappa shape index (κ1) is 17.9. The molecule has 0 amide bonds. The van der Waals surface area contributed by atoms with Crippen LogP contribution in [0.3, 0.4) is 0 Å². The standard InChI is InChI=1S/C12H26N4O6/c13-3-1-4(14)11(10(20)8(3)18)22-12-7(16)6(15)9(19)5(2-17)21-12/h3-12,17-20H,1-2,13-16H2/t3-,4?,5?,6?,7?,8?,9-,10?,11-,12-/m1/s1. The first-order chi connectivity index (χ1) is 10.3. The van der Waals surface area contributed by atoms with Crippen LogP contribution in [0.5, 0.6) is 0 Å². The van der Waals surface area contributed by atoms with Crippen molar-refractivity contribution in [2.45, 2.75) is 67.4 Å². The van der Waals surface area contributed by atoms with Crippen LogP contribution in [0.15, 0.2) is 0 Å². The molecule has 0 aromatic carbocycles. The lowest BCUT2D eigenvalue weighted by atomic mass is 9.84. The largest absolute Gasteiger partial charge is 0.394 e. The highest BCUT2D eigenvalue weighted by Gasteiger charge is 2.47. The highest BCUT2D eigenvalue weighted by atomic mass is 16.7. The molecule has 6 unspecified atom stereocenters. The molecule has 0 bridgehead atoms. The van der Waals surface area contributed by atoms with Crippen LogP contribution in [0.25, 0.3) is 0 Å². The monoisotopic (exact) mass is 322 g/mol. The maximum atomic E-state index is 10.1. The van der Waals surface area contributed by atoms with Crippen LogP contribution in [0.2, 0.25) is 0 Å². The van der Waals surface area contributed by atoms with Crippen molar-refractivity contribution >= 4 is 0 Å². The quantitative estimate of drug-likeness (QED) is 0.248. The molecule has 10 heteroatoms. The van der Waals surface area contributed by atoms with Crippen LogP contribution in [-0.4, -0.2) is 88.0 Å². The summed E-state index contributed by atoms with van der Waals surface area (Å²) in [7, 11) is 0. The zero-order chi connectivity index (χ0) is 16.6. The third-order valence-corrected chi connectivity index (χ3v) is 4.41. The molecule has 22 heavy (non-hydrogen) atoms. The fraction of sp³-hybridized carbons (Fsp3) is 1.00. The molecule has 1 aliphatic carbocycles. The first-order valence-corrected chi connectivity index (χ1v) is 7.26. The van der Waals surface area contributed by atoms with Gasteiger partial charge in [0.05, 0.1) is 30.9 Å². The third-order valence-electron chi connectivity index (χ3n) is 4.41. The van der Waals surface area contributed by atoms with Crippen molar-refractivity contribution in [1.29, 1.82) is 0 Å². The molecule has 2 fully saturated rings. The summed E-state index contributed by atoms with van der Waals surface area (Å²) >= 11 is 0. The van der Waals surface area contributed by atoms with Crippen molar-refractivity contribution < 1.29 is 29.9 Å². The molecule has 0 radical (unpaired) electrons. The maximum absolute atomic E-state index is 10.1. The molecule has 1 saturated heterocycles. The van der Waals surface area contributed by atoms with Gasteiger partial charge >= 0.3 is 0 Å². The summed E-state index contributed by atoms with van der Waals surface area (Å²) < 4.78 is 11.0. The van der Waals surface area contributed by atoms with E-state index in [1.165, 1.54) is 0 Å². The Morgan fingerprint density at radius 3 is 2.14 bits per heavy atom. The van der Waals surface area contributed by atoms with E-state index in [1.807, 2.05) is 0 Å². The zero-order valence-corrected chi connectivity index (χ0v) is 12.1. The molecule has 2 aliphatic rings.